The van der Waals surface area contributed by atoms with Crippen molar-refractivity contribution < 1.29 is 0 Å². The highest BCUT2D eigenvalue weighted by atomic mass is 15.1. The van der Waals surface area contributed by atoms with Crippen LogP contribution in [0, 0.1) is 6.92 Å². The molecule has 0 atom stereocenters. The van der Waals surface area contributed by atoms with E-state index in [9.17, 15) is 0 Å². The predicted octanol–water partition coefficient (Wildman–Crippen LogP) is 2.34. The van der Waals surface area contributed by atoms with Crippen molar-refractivity contribution in [2.45, 2.75) is 13.5 Å². The second-order valence-corrected chi connectivity index (χ2v) is 4.23. The van der Waals surface area contributed by atoms with Gasteiger partial charge in [-0.05, 0) is 18.1 Å². The van der Waals surface area contributed by atoms with E-state index < -0.39 is 0 Å². The maximum atomic E-state index is 4.27. The van der Waals surface area contributed by atoms with Gasteiger partial charge in [-0.1, -0.05) is 24.3 Å². The summed E-state index contributed by atoms with van der Waals surface area (Å²) in [6, 6.07) is 8.25. The molecule has 0 radical (unpaired) electrons. The van der Waals surface area contributed by atoms with Crippen LogP contribution in [-0.2, 0) is 6.54 Å². The van der Waals surface area contributed by atoms with E-state index in [4.69, 9.17) is 0 Å². The molecule has 0 amide bonds. The fourth-order valence-corrected chi connectivity index (χ4v) is 1.91. The number of hydrogen-bond donors (Lipinski definition) is 1. The summed E-state index contributed by atoms with van der Waals surface area (Å²) in [5.74, 6) is 0.710. The third-order valence-electron chi connectivity index (χ3n) is 2.98. The minimum Gasteiger partial charge on any atom is -0.364 e. The van der Waals surface area contributed by atoms with Gasteiger partial charge in [0.2, 0.25) is 0 Å². The largest absolute Gasteiger partial charge is 0.364 e. The molecular weight excluding hydrogens is 238 g/mol. The molecule has 94 valence electrons. The molecular formula is C14H13N5. The van der Waals surface area contributed by atoms with Crippen molar-refractivity contribution in [1.82, 2.24) is 19.9 Å². The standard InChI is InChI=1S/C14H13N5/c1-10-4-2-3-5-11(10)8-17-14-12-13(18-9-19-14)16-7-6-15-12/h2-7,9H,8H2,1H3,(H,16,17,18,19). The summed E-state index contributed by atoms with van der Waals surface area (Å²) in [6.45, 7) is 2.80. The Hall–Kier alpha value is -2.56. The topological polar surface area (TPSA) is 63.6 Å². The van der Waals surface area contributed by atoms with Crippen molar-refractivity contribution in [2.24, 2.45) is 0 Å². The van der Waals surface area contributed by atoms with Crippen molar-refractivity contribution in [1.29, 1.82) is 0 Å². The van der Waals surface area contributed by atoms with Crippen LogP contribution in [0.3, 0.4) is 0 Å². The molecule has 0 spiro atoms. The zero-order chi connectivity index (χ0) is 13.1. The fourth-order valence-electron chi connectivity index (χ4n) is 1.91. The number of aromatic nitrogens is 4. The second kappa shape index (κ2) is 4.97. The number of hydrogen-bond acceptors (Lipinski definition) is 5. The van der Waals surface area contributed by atoms with E-state index in [0.717, 1.165) is 0 Å². The first-order valence-corrected chi connectivity index (χ1v) is 6.05. The Morgan fingerprint density at radius 3 is 2.74 bits per heavy atom. The Balaban J connectivity index is 1.88. The van der Waals surface area contributed by atoms with Crippen molar-refractivity contribution in [3.8, 4) is 0 Å². The number of nitrogens with zero attached hydrogens (tertiary/aromatic N) is 4. The quantitative estimate of drug-likeness (QED) is 0.774. The van der Waals surface area contributed by atoms with Gasteiger partial charge < -0.3 is 5.32 Å². The molecule has 19 heavy (non-hydrogen) atoms. The van der Waals surface area contributed by atoms with E-state index in [1.165, 1.54) is 17.5 Å². The van der Waals surface area contributed by atoms with E-state index in [1.54, 1.807) is 12.4 Å². The SMILES string of the molecule is Cc1ccccc1CNc1ncnc2nccnc12. The van der Waals surface area contributed by atoms with Crippen LogP contribution in [0.1, 0.15) is 11.1 Å². The highest BCUT2D eigenvalue weighted by Crippen LogP contribution is 2.15. The van der Waals surface area contributed by atoms with Crippen LogP contribution >= 0.6 is 0 Å². The minimum absolute atomic E-state index is 0.602. The summed E-state index contributed by atoms with van der Waals surface area (Å²) in [5, 5.41) is 3.29. The van der Waals surface area contributed by atoms with E-state index >= 15 is 0 Å². The van der Waals surface area contributed by atoms with Crippen molar-refractivity contribution in [3.05, 3.63) is 54.1 Å². The fraction of sp³-hybridized carbons (Fsp3) is 0.143. The van der Waals surface area contributed by atoms with Gasteiger partial charge in [-0.3, -0.25) is 0 Å². The zero-order valence-corrected chi connectivity index (χ0v) is 10.5. The van der Waals surface area contributed by atoms with Gasteiger partial charge in [0.05, 0.1) is 0 Å². The molecule has 3 rings (SSSR count). The van der Waals surface area contributed by atoms with Crippen LogP contribution in [0.2, 0.25) is 0 Å². The number of benzene rings is 1. The van der Waals surface area contributed by atoms with Crippen LogP contribution in [0.15, 0.2) is 43.0 Å². The number of nitrogens with one attached hydrogen (secondary N) is 1. The summed E-state index contributed by atoms with van der Waals surface area (Å²) >= 11 is 0. The van der Waals surface area contributed by atoms with Crippen molar-refractivity contribution >= 4 is 17.0 Å². The highest BCUT2D eigenvalue weighted by molar-refractivity contribution is 5.81. The van der Waals surface area contributed by atoms with Crippen LogP contribution in [-0.4, -0.2) is 19.9 Å². The first-order chi connectivity index (χ1) is 9.34. The van der Waals surface area contributed by atoms with Crippen LogP contribution in [0.25, 0.3) is 11.2 Å². The Labute approximate surface area is 110 Å². The van der Waals surface area contributed by atoms with Gasteiger partial charge in [0.25, 0.3) is 0 Å². The molecule has 0 saturated heterocycles. The molecule has 5 heteroatoms. The number of aryl methyl sites for hydroxylation is 1. The Morgan fingerprint density at radius 2 is 1.84 bits per heavy atom. The number of anilines is 1. The summed E-state index contributed by atoms with van der Waals surface area (Å²) in [7, 11) is 0. The number of rotatable bonds is 3. The average Bonchev–Trinajstić information content (AvgIpc) is 2.46. The molecule has 0 unspecified atom stereocenters. The highest BCUT2D eigenvalue weighted by Gasteiger charge is 2.05. The van der Waals surface area contributed by atoms with Gasteiger partial charge in [-0.25, -0.2) is 19.9 Å². The molecule has 5 nitrogen and oxygen atoms in total. The van der Waals surface area contributed by atoms with Crippen molar-refractivity contribution in [2.75, 3.05) is 5.32 Å². The van der Waals surface area contributed by atoms with E-state index in [1.807, 2.05) is 12.1 Å². The maximum Gasteiger partial charge on any atom is 0.183 e. The smallest absolute Gasteiger partial charge is 0.183 e. The van der Waals surface area contributed by atoms with Crippen LogP contribution in [0.4, 0.5) is 5.82 Å². The number of fused-ring (bicyclic) bond motifs is 1. The lowest BCUT2D eigenvalue weighted by Crippen LogP contribution is -2.04. The van der Waals surface area contributed by atoms with E-state index in [2.05, 4.69) is 44.3 Å². The minimum atomic E-state index is 0.602. The summed E-state index contributed by atoms with van der Waals surface area (Å²) in [5.41, 5.74) is 3.78. The summed E-state index contributed by atoms with van der Waals surface area (Å²) in [4.78, 5) is 16.7. The molecule has 2 aromatic heterocycles. The predicted molar refractivity (Wildman–Crippen MR) is 73.6 cm³/mol. The molecule has 0 aliphatic rings. The molecule has 0 aliphatic carbocycles. The Bertz CT molecular complexity index is 706. The third-order valence-corrected chi connectivity index (χ3v) is 2.98. The second-order valence-electron chi connectivity index (χ2n) is 4.23. The van der Waals surface area contributed by atoms with Gasteiger partial charge in [0.1, 0.15) is 11.8 Å². The maximum absolute atomic E-state index is 4.27. The van der Waals surface area contributed by atoms with Gasteiger partial charge in [0, 0.05) is 18.9 Å². The van der Waals surface area contributed by atoms with Gasteiger partial charge >= 0.3 is 0 Å². The molecule has 1 N–H and O–H groups in total. The molecule has 0 bridgehead atoms. The van der Waals surface area contributed by atoms with Crippen LogP contribution < -0.4 is 5.32 Å². The monoisotopic (exact) mass is 251 g/mol. The van der Waals surface area contributed by atoms with E-state index in [0.29, 0.717) is 23.5 Å². The summed E-state index contributed by atoms with van der Waals surface area (Å²) in [6.07, 6.45) is 4.77. The third kappa shape index (κ3) is 2.35. The lowest BCUT2D eigenvalue weighted by atomic mass is 10.1. The lowest BCUT2D eigenvalue weighted by Gasteiger charge is -2.09. The molecule has 3 aromatic rings. The zero-order valence-electron chi connectivity index (χ0n) is 10.5. The van der Waals surface area contributed by atoms with E-state index in [-0.39, 0.29) is 0 Å². The summed E-state index contributed by atoms with van der Waals surface area (Å²) < 4.78 is 0. The molecule has 0 saturated carbocycles. The van der Waals surface area contributed by atoms with Gasteiger partial charge in [-0.2, -0.15) is 0 Å². The Kier molecular flexibility index (Phi) is 3.02. The molecule has 2 heterocycles. The Morgan fingerprint density at radius 1 is 1.00 bits per heavy atom. The first-order valence-electron chi connectivity index (χ1n) is 6.05. The normalized spacial score (nSPS) is 10.6. The molecule has 0 fully saturated rings. The molecule has 1 aromatic carbocycles. The lowest BCUT2D eigenvalue weighted by molar-refractivity contribution is 1.07. The van der Waals surface area contributed by atoms with Crippen molar-refractivity contribution in [3.63, 3.8) is 0 Å². The van der Waals surface area contributed by atoms with Gasteiger partial charge in [0.15, 0.2) is 11.5 Å². The van der Waals surface area contributed by atoms with Gasteiger partial charge in [-0.15, -0.1) is 0 Å². The molecule has 0 aliphatic heterocycles. The first kappa shape index (κ1) is 11.5. The van der Waals surface area contributed by atoms with Crippen LogP contribution in [0.5, 0.6) is 0 Å². The average molecular weight is 251 g/mol.